The van der Waals surface area contributed by atoms with Crippen LogP contribution >= 0.6 is 11.6 Å². The lowest BCUT2D eigenvalue weighted by atomic mass is 10.1. The van der Waals surface area contributed by atoms with Gasteiger partial charge >= 0.3 is 6.09 Å². The number of carbonyl (C=O) groups is 1. The van der Waals surface area contributed by atoms with Gasteiger partial charge in [0.1, 0.15) is 23.7 Å². The SMILES string of the molecule is CCOc1ccc2c(Cl)cc(-c3ccc(OCCN(C)C(=O)OC(C)(C)C)cc3)nc2c1. The van der Waals surface area contributed by atoms with Crippen molar-refractivity contribution in [2.45, 2.75) is 33.3 Å². The lowest BCUT2D eigenvalue weighted by Gasteiger charge is -2.24. The molecule has 0 aliphatic heterocycles. The number of carbonyl (C=O) groups excluding carboxylic acids is 1. The minimum absolute atomic E-state index is 0.356. The van der Waals surface area contributed by atoms with Gasteiger partial charge in [-0.1, -0.05) is 11.6 Å². The Morgan fingerprint density at radius 1 is 1.03 bits per heavy atom. The van der Waals surface area contributed by atoms with Gasteiger partial charge in [-0.3, -0.25) is 0 Å². The zero-order valence-corrected chi connectivity index (χ0v) is 19.9. The van der Waals surface area contributed by atoms with E-state index in [1.165, 1.54) is 4.90 Å². The molecule has 0 saturated carbocycles. The number of amides is 1. The maximum absolute atomic E-state index is 12.0. The number of benzene rings is 2. The molecule has 3 rings (SSSR count). The Hall–Kier alpha value is -2.99. The van der Waals surface area contributed by atoms with E-state index in [2.05, 4.69) is 0 Å². The Labute approximate surface area is 194 Å². The Balaban J connectivity index is 1.65. The standard InChI is InChI=1S/C25H29ClN2O4/c1-6-30-19-11-12-20-21(26)16-22(27-23(20)15-19)17-7-9-18(10-8-17)31-14-13-28(5)24(29)32-25(2,3)4/h7-12,15-16H,6,13-14H2,1-5H3. The summed E-state index contributed by atoms with van der Waals surface area (Å²) in [6, 6.07) is 15.2. The van der Waals surface area contributed by atoms with Crippen LogP contribution in [0.2, 0.25) is 5.02 Å². The lowest BCUT2D eigenvalue weighted by Crippen LogP contribution is -2.36. The van der Waals surface area contributed by atoms with Gasteiger partial charge in [0.15, 0.2) is 0 Å². The first-order valence-electron chi connectivity index (χ1n) is 10.6. The fourth-order valence-corrected chi connectivity index (χ4v) is 3.29. The number of fused-ring (bicyclic) bond motifs is 1. The number of nitrogens with zero attached hydrogens (tertiary/aromatic N) is 2. The van der Waals surface area contributed by atoms with Crippen molar-refractivity contribution in [1.82, 2.24) is 9.88 Å². The van der Waals surface area contributed by atoms with E-state index in [1.807, 2.05) is 76.2 Å². The number of halogens is 1. The second-order valence-corrected chi connectivity index (χ2v) is 8.78. The minimum atomic E-state index is -0.522. The second-order valence-electron chi connectivity index (χ2n) is 8.38. The Bertz CT molecular complexity index is 1080. The molecule has 32 heavy (non-hydrogen) atoms. The topological polar surface area (TPSA) is 60.9 Å². The van der Waals surface area contributed by atoms with Crippen LogP contribution in [0.15, 0.2) is 48.5 Å². The first-order valence-corrected chi connectivity index (χ1v) is 10.9. The third-order valence-corrected chi connectivity index (χ3v) is 4.91. The number of hydrogen-bond donors (Lipinski definition) is 0. The number of rotatable bonds is 7. The van der Waals surface area contributed by atoms with Gasteiger partial charge < -0.3 is 19.1 Å². The summed E-state index contributed by atoms with van der Waals surface area (Å²) >= 11 is 6.49. The summed E-state index contributed by atoms with van der Waals surface area (Å²) < 4.78 is 16.7. The average Bonchev–Trinajstić information content (AvgIpc) is 2.73. The fourth-order valence-electron chi connectivity index (χ4n) is 3.02. The van der Waals surface area contributed by atoms with Crippen molar-refractivity contribution < 1.29 is 19.0 Å². The molecular formula is C25H29ClN2O4. The van der Waals surface area contributed by atoms with Crippen molar-refractivity contribution in [2.75, 3.05) is 26.8 Å². The molecule has 6 nitrogen and oxygen atoms in total. The number of likely N-dealkylation sites (N-methyl/N-ethyl adjacent to an activating group) is 1. The molecule has 0 atom stereocenters. The molecule has 2 aromatic carbocycles. The smallest absolute Gasteiger partial charge is 0.410 e. The zero-order valence-electron chi connectivity index (χ0n) is 19.1. The summed E-state index contributed by atoms with van der Waals surface area (Å²) in [6.45, 7) is 8.83. The quantitative estimate of drug-likeness (QED) is 0.423. The van der Waals surface area contributed by atoms with Crippen LogP contribution in [0.3, 0.4) is 0 Å². The van der Waals surface area contributed by atoms with Crippen LogP contribution in [-0.2, 0) is 4.74 Å². The molecule has 1 amide bonds. The first-order chi connectivity index (χ1) is 15.2. The first kappa shape index (κ1) is 23.7. The summed E-state index contributed by atoms with van der Waals surface area (Å²) in [7, 11) is 1.69. The summed E-state index contributed by atoms with van der Waals surface area (Å²) in [6.07, 6.45) is -0.372. The molecule has 0 aliphatic carbocycles. The molecular weight excluding hydrogens is 428 g/mol. The molecule has 7 heteroatoms. The maximum Gasteiger partial charge on any atom is 0.410 e. The predicted molar refractivity (Wildman–Crippen MR) is 128 cm³/mol. The van der Waals surface area contributed by atoms with Crippen molar-refractivity contribution in [1.29, 1.82) is 0 Å². The molecule has 0 aliphatic rings. The van der Waals surface area contributed by atoms with Crippen LogP contribution in [0.4, 0.5) is 4.79 Å². The highest BCUT2D eigenvalue weighted by Crippen LogP contribution is 2.31. The molecule has 0 saturated heterocycles. The van der Waals surface area contributed by atoms with E-state index < -0.39 is 5.60 Å². The Kier molecular flexibility index (Phi) is 7.46. The largest absolute Gasteiger partial charge is 0.494 e. The Morgan fingerprint density at radius 2 is 1.72 bits per heavy atom. The zero-order chi connectivity index (χ0) is 23.3. The summed E-state index contributed by atoms with van der Waals surface area (Å²) in [5, 5.41) is 1.52. The average molecular weight is 457 g/mol. The molecule has 0 fully saturated rings. The van der Waals surface area contributed by atoms with E-state index in [0.29, 0.717) is 30.5 Å². The highest BCUT2D eigenvalue weighted by molar-refractivity contribution is 6.35. The van der Waals surface area contributed by atoms with Gasteiger partial charge in [0.2, 0.25) is 0 Å². The molecule has 0 radical (unpaired) electrons. The van der Waals surface area contributed by atoms with E-state index in [0.717, 1.165) is 27.9 Å². The maximum atomic E-state index is 12.0. The van der Waals surface area contributed by atoms with E-state index in [4.69, 9.17) is 30.8 Å². The van der Waals surface area contributed by atoms with E-state index in [9.17, 15) is 4.79 Å². The van der Waals surface area contributed by atoms with Gasteiger partial charge in [-0.05, 0) is 70.2 Å². The van der Waals surface area contributed by atoms with Crippen LogP contribution in [0.1, 0.15) is 27.7 Å². The molecule has 1 heterocycles. The van der Waals surface area contributed by atoms with Gasteiger partial charge in [0, 0.05) is 24.1 Å². The van der Waals surface area contributed by atoms with Gasteiger partial charge in [-0.25, -0.2) is 9.78 Å². The van der Waals surface area contributed by atoms with E-state index in [-0.39, 0.29) is 6.09 Å². The highest BCUT2D eigenvalue weighted by atomic mass is 35.5. The molecule has 3 aromatic rings. The van der Waals surface area contributed by atoms with Gasteiger partial charge in [-0.15, -0.1) is 0 Å². The van der Waals surface area contributed by atoms with Gasteiger partial charge in [-0.2, -0.15) is 0 Å². The molecule has 0 bridgehead atoms. The van der Waals surface area contributed by atoms with Gasteiger partial charge in [0.25, 0.3) is 0 Å². The number of hydrogen-bond acceptors (Lipinski definition) is 5. The predicted octanol–water partition coefficient (Wildman–Crippen LogP) is 6.20. The molecule has 0 spiro atoms. The highest BCUT2D eigenvalue weighted by Gasteiger charge is 2.19. The van der Waals surface area contributed by atoms with E-state index in [1.54, 1.807) is 7.05 Å². The second kappa shape index (κ2) is 10.1. The number of ether oxygens (including phenoxy) is 3. The number of pyridine rings is 1. The Morgan fingerprint density at radius 3 is 2.38 bits per heavy atom. The minimum Gasteiger partial charge on any atom is -0.494 e. The summed E-state index contributed by atoms with van der Waals surface area (Å²) in [5.41, 5.74) is 1.96. The van der Waals surface area contributed by atoms with Crippen LogP contribution < -0.4 is 9.47 Å². The van der Waals surface area contributed by atoms with Crippen molar-refractivity contribution in [2.24, 2.45) is 0 Å². The van der Waals surface area contributed by atoms with Crippen LogP contribution in [-0.4, -0.2) is 48.4 Å². The van der Waals surface area contributed by atoms with Crippen molar-refractivity contribution in [3.8, 4) is 22.8 Å². The molecule has 1 aromatic heterocycles. The van der Waals surface area contributed by atoms with Crippen molar-refractivity contribution in [3.63, 3.8) is 0 Å². The number of aromatic nitrogens is 1. The normalized spacial score (nSPS) is 11.3. The molecule has 0 N–H and O–H groups in total. The lowest BCUT2D eigenvalue weighted by molar-refractivity contribution is 0.0278. The monoisotopic (exact) mass is 456 g/mol. The van der Waals surface area contributed by atoms with Crippen LogP contribution in [0, 0.1) is 0 Å². The summed E-state index contributed by atoms with van der Waals surface area (Å²) in [4.78, 5) is 18.2. The van der Waals surface area contributed by atoms with Crippen molar-refractivity contribution in [3.05, 3.63) is 53.6 Å². The van der Waals surface area contributed by atoms with Crippen LogP contribution in [0.25, 0.3) is 22.2 Å². The summed E-state index contributed by atoms with van der Waals surface area (Å²) in [5.74, 6) is 1.47. The van der Waals surface area contributed by atoms with E-state index >= 15 is 0 Å². The van der Waals surface area contributed by atoms with Crippen LogP contribution in [0.5, 0.6) is 11.5 Å². The fraction of sp³-hybridized carbons (Fsp3) is 0.360. The molecule has 170 valence electrons. The van der Waals surface area contributed by atoms with Crippen molar-refractivity contribution >= 4 is 28.6 Å². The van der Waals surface area contributed by atoms with Gasteiger partial charge in [0.05, 0.1) is 29.4 Å². The third kappa shape index (κ3) is 6.26. The molecule has 0 unspecified atom stereocenters. The third-order valence-electron chi connectivity index (χ3n) is 4.59.